The van der Waals surface area contributed by atoms with Crippen LogP contribution in [0, 0.1) is 23.7 Å². The van der Waals surface area contributed by atoms with E-state index in [0.29, 0.717) is 17.8 Å². The molecule has 3 unspecified atom stereocenters. The van der Waals surface area contributed by atoms with E-state index >= 15 is 0 Å². The van der Waals surface area contributed by atoms with Crippen LogP contribution in [0.2, 0.25) is 0 Å². The van der Waals surface area contributed by atoms with Gasteiger partial charge in [-0.1, -0.05) is 12.2 Å². The first-order valence-corrected chi connectivity index (χ1v) is 11.1. The molecule has 3 aliphatic rings. The first kappa shape index (κ1) is 20.3. The summed E-state index contributed by atoms with van der Waals surface area (Å²) in [6.07, 6.45) is 9.33. The van der Waals surface area contributed by atoms with Crippen LogP contribution in [-0.2, 0) is 4.74 Å². The van der Waals surface area contributed by atoms with Crippen LogP contribution >= 0.6 is 0 Å². The molecule has 4 rings (SSSR count). The maximum atomic E-state index is 12.9. The van der Waals surface area contributed by atoms with E-state index in [2.05, 4.69) is 31.3 Å². The van der Waals surface area contributed by atoms with Crippen LogP contribution in [0.5, 0.6) is 5.75 Å². The highest BCUT2D eigenvalue weighted by Gasteiger charge is 2.37. The zero-order valence-electron chi connectivity index (χ0n) is 17.7. The number of carbonyl (C=O) groups excluding carboxylic acids is 1. The van der Waals surface area contributed by atoms with E-state index in [1.54, 1.807) is 0 Å². The van der Waals surface area contributed by atoms with Gasteiger partial charge in [0.05, 0.1) is 6.61 Å². The van der Waals surface area contributed by atoms with Gasteiger partial charge in [0.1, 0.15) is 5.75 Å². The lowest BCUT2D eigenvalue weighted by molar-refractivity contribution is 0.0497. The molecule has 0 radical (unpaired) electrons. The summed E-state index contributed by atoms with van der Waals surface area (Å²) in [5.41, 5.74) is 0.812. The molecule has 1 aromatic carbocycles. The Hall–Kier alpha value is -2.01. The molecule has 2 amide bonds. The average molecular weight is 399 g/mol. The van der Waals surface area contributed by atoms with Crippen molar-refractivity contribution >= 4 is 11.7 Å². The molecular formula is C24H34N2O3. The molecule has 1 aromatic rings. The number of amides is 2. The van der Waals surface area contributed by atoms with Crippen molar-refractivity contribution in [3.63, 3.8) is 0 Å². The molecular weight excluding hydrogens is 364 g/mol. The second-order valence-corrected chi connectivity index (χ2v) is 9.11. The summed E-state index contributed by atoms with van der Waals surface area (Å²) in [5.74, 6) is 3.41. The van der Waals surface area contributed by atoms with Crippen LogP contribution in [-0.4, -0.2) is 43.3 Å². The molecule has 0 spiro atoms. The fourth-order valence-electron chi connectivity index (χ4n) is 4.84. The predicted octanol–water partition coefficient (Wildman–Crippen LogP) is 4.95. The molecule has 3 atom stereocenters. The SMILES string of the molecule is CC(C)N(CC1CC2C=CC1C2)C(=O)Nc1ccc(OCC2CCOCC2)cc1. The maximum absolute atomic E-state index is 12.9. The molecule has 1 N–H and O–H groups in total. The Bertz CT molecular complexity index is 709. The van der Waals surface area contributed by atoms with Crippen molar-refractivity contribution in [2.75, 3.05) is 31.7 Å². The van der Waals surface area contributed by atoms with Crippen LogP contribution in [0.25, 0.3) is 0 Å². The summed E-state index contributed by atoms with van der Waals surface area (Å²) in [6.45, 7) is 7.43. The number of rotatable bonds is 7. The van der Waals surface area contributed by atoms with Gasteiger partial charge in [-0.05, 0) is 87.5 Å². The Morgan fingerprint density at radius 1 is 1.17 bits per heavy atom. The smallest absolute Gasteiger partial charge is 0.322 e. The molecule has 1 saturated heterocycles. The van der Waals surface area contributed by atoms with Crippen molar-refractivity contribution in [3.8, 4) is 5.75 Å². The van der Waals surface area contributed by atoms with Crippen molar-refractivity contribution in [2.24, 2.45) is 23.7 Å². The van der Waals surface area contributed by atoms with E-state index in [4.69, 9.17) is 9.47 Å². The summed E-state index contributed by atoms with van der Waals surface area (Å²) in [6, 6.07) is 7.90. The van der Waals surface area contributed by atoms with Gasteiger partial charge in [0, 0.05) is 31.5 Å². The van der Waals surface area contributed by atoms with Gasteiger partial charge in [0.25, 0.3) is 0 Å². The zero-order valence-corrected chi connectivity index (χ0v) is 17.7. The highest BCUT2D eigenvalue weighted by atomic mass is 16.5. The van der Waals surface area contributed by atoms with Gasteiger partial charge in [-0.2, -0.15) is 0 Å². The minimum Gasteiger partial charge on any atom is -0.493 e. The van der Waals surface area contributed by atoms with Gasteiger partial charge in [-0.3, -0.25) is 0 Å². The molecule has 0 aromatic heterocycles. The lowest BCUT2D eigenvalue weighted by atomic mass is 9.93. The van der Waals surface area contributed by atoms with Gasteiger partial charge in [-0.25, -0.2) is 4.79 Å². The van der Waals surface area contributed by atoms with Crippen LogP contribution in [0.4, 0.5) is 10.5 Å². The average Bonchev–Trinajstić information content (AvgIpc) is 3.35. The van der Waals surface area contributed by atoms with Crippen molar-refractivity contribution in [1.82, 2.24) is 4.90 Å². The van der Waals surface area contributed by atoms with Crippen molar-refractivity contribution in [2.45, 2.75) is 45.6 Å². The molecule has 29 heavy (non-hydrogen) atoms. The monoisotopic (exact) mass is 398 g/mol. The summed E-state index contributed by atoms with van der Waals surface area (Å²) in [4.78, 5) is 14.9. The Balaban J connectivity index is 1.28. The van der Waals surface area contributed by atoms with E-state index in [-0.39, 0.29) is 12.1 Å². The Kier molecular flexibility index (Phi) is 6.43. The van der Waals surface area contributed by atoms with Gasteiger partial charge in [-0.15, -0.1) is 0 Å². The Morgan fingerprint density at radius 3 is 2.55 bits per heavy atom. The van der Waals surface area contributed by atoms with Crippen LogP contribution < -0.4 is 10.1 Å². The highest BCUT2D eigenvalue weighted by Crippen LogP contribution is 2.43. The van der Waals surface area contributed by atoms with Crippen molar-refractivity contribution in [1.29, 1.82) is 0 Å². The number of hydrogen-bond acceptors (Lipinski definition) is 3. The Morgan fingerprint density at radius 2 is 1.93 bits per heavy atom. The molecule has 1 aliphatic heterocycles. The third-order valence-corrected chi connectivity index (χ3v) is 6.66. The van der Waals surface area contributed by atoms with Crippen molar-refractivity contribution in [3.05, 3.63) is 36.4 Å². The summed E-state index contributed by atoms with van der Waals surface area (Å²) in [5, 5.41) is 3.07. The first-order chi connectivity index (χ1) is 14.1. The van der Waals surface area contributed by atoms with E-state index in [9.17, 15) is 4.79 Å². The molecule has 2 aliphatic carbocycles. The highest BCUT2D eigenvalue weighted by molar-refractivity contribution is 5.89. The van der Waals surface area contributed by atoms with Gasteiger partial charge in [0.2, 0.25) is 0 Å². The first-order valence-electron chi connectivity index (χ1n) is 11.1. The maximum Gasteiger partial charge on any atom is 0.322 e. The van der Waals surface area contributed by atoms with Gasteiger partial charge in [0.15, 0.2) is 0 Å². The molecule has 2 bridgehead atoms. The van der Waals surface area contributed by atoms with E-state index in [1.807, 2.05) is 29.2 Å². The fraction of sp³-hybridized carbons (Fsp3) is 0.625. The van der Waals surface area contributed by atoms with Crippen LogP contribution in [0.15, 0.2) is 36.4 Å². The summed E-state index contributed by atoms with van der Waals surface area (Å²) < 4.78 is 11.3. The predicted molar refractivity (Wildman–Crippen MR) is 115 cm³/mol. The van der Waals surface area contributed by atoms with E-state index in [0.717, 1.165) is 56.6 Å². The standard InChI is InChI=1S/C24H34N2O3/c1-17(2)26(15-21-14-19-3-4-20(21)13-19)24(27)25-22-5-7-23(8-6-22)29-16-18-9-11-28-12-10-18/h3-8,17-21H,9-16H2,1-2H3,(H,25,27). The topological polar surface area (TPSA) is 50.8 Å². The number of nitrogens with one attached hydrogen (secondary N) is 1. The number of fused-ring (bicyclic) bond motifs is 2. The number of carbonyl (C=O) groups is 1. The molecule has 1 saturated carbocycles. The quantitative estimate of drug-likeness (QED) is 0.662. The fourth-order valence-corrected chi connectivity index (χ4v) is 4.84. The Labute approximate surface area is 174 Å². The van der Waals surface area contributed by atoms with E-state index < -0.39 is 0 Å². The number of ether oxygens (including phenoxy) is 2. The molecule has 5 nitrogen and oxygen atoms in total. The second kappa shape index (κ2) is 9.21. The molecule has 158 valence electrons. The minimum atomic E-state index is -0.0115. The van der Waals surface area contributed by atoms with Gasteiger partial charge >= 0.3 is 6.03 Å². The molecule has 1 heterocycles. The number of anilines is 1. The number of allylic oxidation sites excluding steroid dienone is 2. The van der Waals surface area contributed by atoms with Crippen molar-refractivity contribution < 1.29 is 14.3 Å². The molecule has 5 heteroatoms. The van der Waals surface area contributed by atoms with E-state index in [1.165, 1.54) is 12.8 Å². The largest absolute Gasteiger partial charge is 0.493 e. The van der Waals surface area contributed by atoms with Gasteiger partial charge < -0.3 is 19.7 Å². The third kappa shape index (κ3) is 5.13. The normalized spacial score (nSPS) is 26.1. The number of hydrogen-bond donors (Lipinski definition) is 1. The minimum absolute atomic E-state index is 0.0115. The van der Waals surface area contributed by atoms with Crippen LogP contribution in [0.3, 0.4) is 0 Å². The number of urea groups is 1. The molecule has 2 fully saturated rings. The third-order valence-electron chi connectivity index (χ3n) is 6.66. The zero-order chi connectivity index (χ0) is 20.2. The summed E-state index contributed by atoms with van der Waals surface area (Å²) in [7, 11) is 0. The lowest BCUT2D eigenvalue weighted by Crippen LogP contribution is -2.43. The number of benzene rings is 1. The lowest BCUT2D eigenvalue weighted by Gasteiger charge is -2.31. The summed E-state index contributed by atoms with van der Waals surface area (Å²) >= 11 is 0. The van der Waals surface area contributed by atoms with Crippen LogP contribution in [0.1, 0.15) is 39.5 Å². The number of nitrogens with zero attached hydrogens (tertiary/aromatic N) is 1. The second-order valence-electron chi connectivity index (χ2n) is 9.11.